The molecule has 6 aromatic carbocycles. The lowest BCUT2D eigenvalue weighted by atomic mass is 9.74. The summed E-state index contributed by atoms with van der Waals surface area (Å²) in [4.78, 5) is 11.8. The monoisotopic (exact) mass is 685 g/mol. The zero-order chi connectivity index (χ0) is 35.1. The number of fused-ring (bicyclic) bond motifs is 8. The van der Waals surface area contributed by atoms with Gasteiger partial charge >= 0.3 is 0 Å². The van der Waals surface area contributed by atoms with Crippen molar-refractivity contribution in [3.8, 4) is 39.5 Å². The molecule has 1 aliphatic rings. The van der Waals surface area contributed by atoms with Gasteiger partial charge < -0.3 is 4.57 Å². The van der Waals surface area contributed by atoms with E-state index in [1.165, 1.54) is 64.5 Å². The second kappa shape index (κ2) is 11.6. The summed E-state index contributed by atoms with van der Waals surface area (Å²) in [6.07, 6.45) is 2.15. The van der Waals surface area contributed by atoms with Gasteiger partial charge in [0.15, 0.2) is 5.82 Å². The number of rotatable bonds is 5. The normalized spacial score (nSPS) is 13.5. The van der Waals surface area contributed by atoms with Crippen molar-refractivity contribution in [2.75, 3.05) is 0 Å². The second-order valence-electron chi connectivity index (χ2n) is 14.5. The fourth-order valence-corrected chi connectivity index (χ4v) is 9.66. The van der Waals surface area contributed by atoms with E-state index in [1.54, 1.807) is 0 Å². The first-order valence-electron chi connectivity index (χ1n) is 18.2. The van der Waals surface area contributed by atoms with Crippen LogP contribution >= 0.6 is 11.3 Å². The molecule has 0 amide bonds. The maximum absolute atomic E-state index is 5.30. The first-order chi connectivity index (χ1) is 25.4. The van der Waals surface area contributed by atoms with Gasteiger partial charge in [-0.2, -0.15) is 0 Å². The predicted octanol–water partition coefficient (Wildman–Crippen LogP) is 12.3. The Morgan fingerprint density at radius 2 is 1.42 bits per heavy atom. The molecule has 0 atom stereocenters. The smallest absolute Gasteiger partial charge is 0.161 e. The van der Waals surface area contributed by atoms with E-state index in [9.17, 15) is 0 Å². The van der Waals surface area contributed by atoms with Crippen molar-refractivity contribution in [2.45, 2.75) is 33.0 Å². The molecule has 52 heavy (non-hydrogen) atoms. The van der Waals surface area contributed by atoms with Crippen LogP contribution in [0.2, 0.25) is 6.82 Å². The molecule has 0 unspecified atom stereocenters. The zero-order valence-electron chi connectivity index (χ0n) is 29.7. The van der Waals surface area contributed by atoms with E-state index in [2.05, 4.69) is 172 Å². The highest BCUT2D eigenvalue weighted by Gasteiger charge is 2.36. The largest absolute Gasteiger partial charge is 0.300 e. The molecule has 3 aromatic heterocycles. The molecular weight excluding hydrogens is 649 g/mol. The Labute approximate surface area is 308 Å². The van der Waals surface area contributed by atoms with Crippen molar-refractivity contribution in [1.82, 2.24) is 14.5 Å². The average molecular weight is 686 g/mol. The predicted molar refractivity (Wildman–Crippen MR) is 224 cm³/mol. The Bertz CT molecular complexity index is 2940. The molecule has 10 rings (SSSR count). The highest BCUT2D eigenvalue weighted by atomic mass is 32.1. The number of nitrogens with zero attached hydrogens (tertiary/aromatic N) is 3. The fourth-order valence-electron chi connectivity index (χ4n) is 8.42. The third kappa shape index (κ3) is 4.52. The first-order valence-corrected chi connectivity index (χ1v) is 19.0. The standard InChI is InChI=1S/C47H36BN3S/c1-28-39(24-25-48-4)49-45(34-18-10-13-29-12-5-6-16-33(29)34)50-43(28)32-15-9-14-30(26-32)31-22-23-40-38(27-31)47(2,3)37-20-11-19-36-42-35-17-7-8-21-41(35)52-46(42)51(40)44(36)37/h5-27,48H,1-4H3/b25-24-. The Morgan fingerprint density at radius 3 is 2.31 bits per heavy atom. The highest BCUT2D eigenvalue weighted by molar-refractivity contribution is 7.25. The van der Waals surface area contributed by atoms with E-state index in [-0.39, 0.29) is 5.41 Å². The molecule has 0 saturated carbocycles. The Morgan fingerprint density at radius 1 is 0.692 bits per heavy atom. The lowest BCUT2D eigenvalue weighted by Crippen LogP contribution is -2.26. The van der Waals surface area contributed by atoms with E-state index in [0.29, 0.717) is 0 Å². The van der Waals surface area contributed by atoms with Crippen molar-refractivity contribution in [2.24, 2.45) is 0 Å². The van der Waals surface area contributed by atoms with Crippen LogP contribution < -0.4 is 0 Å². The quantitative estimate of drug-likeness (QED) is 0.169. The van der Waals surface area contributed by atoms with Crippen molar-refractivity contribution in [3.05, 3.63) is 156 Å². The molecule has 5 heteroatoms. The van der Waals surface area contributed by atoms with Crippen LogP contribution in [0.15, 0.2) is 133 Å². The maximum atomic E-state index is 5.30. The molecule has 0 N–H and O–H groups in total. The molecule has 0 radical (unpaired) electrons. The van der Waals surface area contributed by atoms with Gasteiger partial charge in [-0.05, 0) is 70.3 Å². The van der Waals surface area contributed by atoms with E-state index < -0.39 is 0 Å². The van der Waals surface area contributed by atoms with Crippen LogP contribution in [0.4, 0.5) is 0 Å². The molecule has 0 spiro atoms. The van der Waals surface area contributed by atoms with Gasteiger partial charge in [-0.1, -0.05) is 124 Å². The van der Waals surface area contributed by atoms with Crippen molar-refractivity contribution < 1.29 is 0 Å². The van der Waals surface area contributed by atoms with Gasteiger partial charge in [0, 0.05) is 43.0 Å². The molecule has 248 valence electrons. The Kier molecular flexibility index (Phi) is 6.93. The van der Waals surface area contributed by atoms with E-state index in [1.807, 2.05) is 11.3 Å². The number of benzene rings is 6. The molecule has 0 bridgehead atoms. The van der Waals surface area contributed by atoms with Gasteiger partial charge in [-0.3, -0.25) is 0 Å². The van der Waals surface area contributed by atoms with Crippen LogP contribution in [-0.4, -0.2) is 21.8 Å². The van der Waals surface area contributed by atoms with Crippen LogP contribution in [0.3, 0.4) is 0 Å². The molecule has 0 aliphatic carbocycles. The molecule has 3 nitrogen and oxygen atoms in total. The molecular formula is C47H36BN3S. The third-order valence-corrected chi connectivity index (χ3v) is 12.2. The average Bonchev–Trinajstić information content (AvgIpc) is 3.71. The van der Waals surface area contributed by atoms with Gasteiger partial charge in [0.25, 0.3) is 0 Å². The summed E-state index contributed by atoms with van der Waals surface area (Å²) < 4.78 is 3.87. The van der Waals surface area contributed by atoms with Gasteiger partial charge in [0.1, 0.15) is 12.1 Å². The number of para-hydroxylation sites is 1. The summed E-state index contributed by atoms with van der Waals surface area (Å²) in [6.45, 7) is 9.07. The van der Waals surface area contributed by atoms with Gasteiger partial charge in [0.2, 0.25) is 0 Å². The Balaban J connectivity index is 1.14. The van der Waals surface area contributed by atoms with E-state index >= 15 is 0 Å². The lowest BCUT2D eigenvalue weighted by Gasteiger charge is -2.35. The van der Waals surface area contributed by atoms with Crippen molar-refractivity contribution >= 4 is 66.7 Å². The van der Waals surface area contributed by atoms with Gasteiger partial charge in [-0.25, -0.2) is 9.97 Å². The van der Waals surface area contributed by atoms with Crippen LogP contribution in [-0.2, 0) is 5.41 Å². The summed E-state index contributed by atoms with van der Waals surface area (Å²) in [5.74, 6) is 2.93. The van der Waals surface area contributed by atoms with Crippen molar-refractivity contribution in [3.63, 3.8) is 0 Å². The van der Waals surface area contributed by atoms with E-state index in [4.69, 9.17) is 9.97 Å². The van der Waals surface area contributed by atoms with Crippen LogP contribution in [0.25, 0.3) is 87.5 Å². The highest BCUT2D eigenvalue weighted by Crippen LogP contribution is 2.51. The van der Waals surface area contributed by atoms with E-state index in [0.717, 1.165) is 46.6 Å². The number of aromatic nitrogens is 3. The summed E-state index contributed by atoms with van der Waals surface area (Å²) in [5.41, 5.74) is 12.7. The topological polar surface area (TPSA) is 30.7 Å². The van der Waals surface area contributed by atoms with Crippen LogP contribution in [0, 0.1) is 6.92 Å². The Hall–Kier alpha value is -5.78. The first kappa shape index (κ1) is 31.0. The molecule has 4 heterocycles. The number of hydrogen-bond acceptors (Lipinski definition) is 3. The minimum atomic E-state index is -0.175. The summed E-state index contributed by atoms with van der Waals surface area (Å²) in [6, 6.07) is 46.6. The number of hydrogen-bond donors (Lipinski definition) is 0. The van der Waals surface area contributed by atoms with Crippen LogP contribution in [0.5, 0.6) is 0 Å². The van der Waals surface area contributed by atoms with Crippen LogP contribution in [0.1, 0.15) is 36.2 Å². The fraction of sp³-hybridized carbons (Fsp3) is 0.106. The minimum Gasteiger partial charge on any atom is -0.300 e. The summed E-state index contributed by atoms with van der Waals surface area (Å²) in [7, 11) is 0.944. The summed E-state index contributed by atoms with van der Waals surface area (Å²) in [5, 5.41) is 6.40. The molecule has 9 aromatic rings. The second-order valence-corrected chi connectivity index (χ2v) is 15.5. The molecule has 0 fully saturated rings. The SMILES string of the molecule is CB/C=C\c1nc(-c2cccc3ccccc23)nc(-c2cccc(-c3ccc4c(c3)C(C)(C)c3cccc5c6c7ccccc7sc6n-4c35)c2)c1C. The van der Waals surface area contributed by atoms with Crippen molar-refractivity contribution in [1.29, 1.82) is 0 Å². The molecule has 0 saturated heterocycles. The minimum absolute atomic E-state index is 0.175. The van der Waals surface area contributed by atoms with Gasteiger partial charge in [-0.15, -0.1) is 17.3 Å². The molecule has 1 aliphatic heterocycles. The maximum Gasteiger partial charge on any atom is 0.161 e. The third-order valence-electron chi connectivity index (χ3n) is 11.1. The number of thiophene rings is 1. The van der Waals surface area contributed by atoms with Gasteiger partial charge in [0.05, 0.1) is 22.6 Å². The summed E-state index contributed by atoms with van der Waals surface area (Å²) >= 11 is 1.90. The lowest BCUT2D eigenvalue weighted by molar-refractivity contribution is 0.630. The zero-order valence-corrected chi connectivity index (χ0v) is 30.6.